The van der Waals surface area contributed by atoms with Gasteiger partial charge in [0, 0.05) is 6.61 Å². The second-order valence-electron chi connectivity index (χ2n) is 3.84. The minimum absolute atomic E-state index is 0.234. The van der Waals surface area contributed by atoms with E-state index in [1.54, 1.807) is 6.26 Å². The summed E-state index contributed by atoms with van der Waals surface area (Å²) in [6.07, 6.45) is 5.40. The minimum Gasteiger partial charge on any atom is -0.466 e. The molecule has 4 heteroatoms. The molecule has 1 saturated heterocycles. The predicted molar refractivity (Wildman–Crippen MR) is 61.8 cm³/mol. The second kappa shape index (κ2) is 5.14. The second-order valence-corrected chi connectivity index (χ2v) is 4.70. The molecule has 0 aliphatic carbocycles. The molecule has 0 bridgehead atoms. The highest BCUT2D eigenvalue weighted by Gasteiger charge is 2.23. The lowest BCUT2D eigenvalue weighted by atomic mass is 10.1. The van der Waals surface area contributed by atoms with Crippen molar-refractivity contribution in [1.29, 1.82) is 0 Å². The third-order valence-electron chi connectivity index (χ3n) is 2.83. The molecule has 0 spiro atoms. The van der Waals surface area contributed by atoms with Gasteiger partial charge in [0.1, 0.15) is 5.76 Å². The first-order valence-corrected chi connectivity index (χ1v) is 6.12. The normalized spacial score (nSPS) is 23.2. The average molecular weight is 274 g/mol. The van der Waals surface area contributed by atoms with Crippen LogP contribution in [0.1, 0.15) is 31.1 Å². The van der Waals surface area contributed by atoms with Crippen molar-refractivity contribution in [1.82, 2.24) is 5.32 Å². The molecule has 2 rings (SSSR count). The van der Waals surface area contributed by atoms with E-state index in [0.29, 0.717) is 6.10 Å². The van der Waals surface area contributed by atoms with Crippen LogP contribution in [0.3, 0.4) is 0 Å². The zero-order valence-corrected chi connectivity index (χ0v) is 10.4. The number of nitrogens with one attached hydrogen (secondary N) is 1. The number of halogens is 1. The summed E-state index contributed by atoms with van der Waals surface area (Å²) in [6, 6.07) is 2.16. The Balaban J connectivity index is 2.00. The first-order chi connectivity index (χ1) is 7.31. The number of hydrogen-bond donors (Lipinski definition) is 1. The van der Waals surface area contributed by atoms with Crippen LogP contribution < -0.4 is 5.32 Å². The highest BCUT2D eigenvalue weighted by molar-refractivity contribution is 9.10. The van der Waals surface area contributed by atoms with Crippen molar-refractivity contribution in [3.8, 4) is 0 Å². The fourth-order valence-electron chi connectivity index (χ4n) is 2.00. The van der Waals surface area contributed by atoms with Crippen LogP contribution in [0.4, 0.5) is 0 Å². The standard InChI is InChI=1S/C11H16BrNO2/c1-13-10(7-8-3-2-5-14-8)11-9(12)4-6-15-11/h4,6,8,10,13H,2-3,5,7H2,1H3. The van der Waals surface area contributed by atoms with Gasteiger partial charge in [0.05, 0.1) is 22.9 Å². The first kappa shape index (κ1) is 11.2. The van der Waals surface area contributed by atoms with Crippen LogP contribution in [-0.2, 0) is 4.74 Å². The number of ether oxygens (including phenoxy) is 1. The van der Waals surface area contributed by atoms with E-state index < -0.39 is 0 Å². The van der Waals surface area contributed by atoms with Crippen molar-refractivity contribution in [3.05, 3.63) is 22.6 Å². The van der Waals surface area contributed by atoms with E-state index in [4.69, 9.17) is 9.15 Å². The fourth-order valence-corrected chi connectivity index (χ4v) is 2.48. The molecule has 0 amide bonds. The highest BCUT2D eigenvalue weighted by atomic mass is 79.9. The summed E-state index contributed by atoms with van der Waals surface area (Å²) >= 11 is 3.48. The molecular formula is C11H16BrNO2. The maximum atomic E-state index is 5.63. The van der Waals surface area contributed by atoms with Gasteiger partial charge in [-0.1, -0.05) is 0 Å². The third kappa shape index (κ3) is 2.62. The van der Waals surface area contributed by atoms with E-state index in [2.05, 4.69) is 21.2 Å². The molecule has 1 aliphatic rings. The Kier molecular flexibility index (Phi) is 3.83. The van der Waals surface area contributed by atoms with Crippen LogP contribution in [0.2, 0.25) is 0 Å². The molecule has 0 saturated carbocycles. The lowest BCUT2D eigenvalue weighted by Crippen LogP contribution is -2.21. The molecule has 1 aromatic rings. The smallest absolute Gasteiger partial charge is 0.134 e. The van der Waals surface area contributed by atoms with Crippen LogP contribution in [0.15, 0.2) is 21.2 Å². The Labute approximate surface area is 98.3 Å². The zero-order valence-electron chi connectivity index (χ0n) is 8.83. The maximum absolute atomic E-state index is 5.63. The molecule has 0 radical (unpaired) electrons. The molecule has 1 N–H and O–H groups in total. The van der Waals surface area contributed by atoms with Gasteiger partial charge in [-0.15, -0.1) is 0 Å². The molecule has 15 heavy (non-hydrogen) atoms. The van der Waals surface area contributed by atoms with Crippen LogP contribution in [-0.4, -0.2) is 19.8 Å². The monoisotopic (exact) mass is 273 g/mol. The Morgan fingerprint density at radius 2 is 2.53 bits per heavy atom. The van der Waals surface area contributed by atoms with Gasteiger partial charge in [-0.2, -0.15) is 0 Å². The molecule has 2 atom stereocenters. The fraction of sp³-hybridized carbons (Fsp3) is 0.636. The van der Waals surface area contributed by atoms with Gasteiger partial charge in [-0.05, 0) is 48.3 Å². The van der Waals surface area contributed by atoms with E-state index in [0.717, 1.165) is 29.7 Å². The van der Waals surface area contributed by atoms with Gasteiger partial charge in [0.15, 0.2) is 0 Å². The van der Waals surface area contributed by atoms with Gasteiger partial charge in [0.2, 0.25) is 0 Å². The molecule has 2 heterocycles. The number of hydrogen-bond acceptors (Lipinski definition) is 3. The molecule has 3 nitrogen and oxygen atoms in total. The molecule has 1 aromatic heterocycles. The number of furan rings is 1. The van der Waals surface area contributed by atoms with E-state index in [1.807, 2.05) is 13.1 Å². The first-order valence-electron chi connectivity index (χ1n) is 5.33. The van der Waals surface area contributed by atoms with Crippen molar-refractivity contribution < 1.29 is 9.15 Å². The van der Waals surface area contributed by atoms with Gasteiger partial charge in [-0.25, -0.2) is 0 Å². The molecule has 2 unspecified atom stereocenters. The van der Waals surface area contributed by atoms with E-state index in [9.17, 15) is 0 Å². The van der Waals surface area contributed by atoms with Gasteiger partial charge < -0.3 is 14.5 Å². The summed E-state index contributed by atoms with van der Waals surface area (Å²) in [5, 5.41) is 3.27. The van der Waals surface area contributed by atoms with E-state index in [-0.39, 0.29) is 6.04 Å². The van der Waals surface area contributed by atoms with Gasteiger partial charge >= 0.3 is 0 Å². The van der Waals surface area contributed by atoms with Crippen molar-refractivity contribution in [3.63, 3.8) is 0 Å². The summed E-state index contributed by atoms with van der Waals surface area (Å²) < 4.78 is 12.1. The van der Waals surface area contributed by atoms with Crippen molar-refractivity contribution in [2.45, 2.75) is 31.4 Å². The number of rotatable bonds is 4. The predicted octanol–water partition coefficient (Wildman–Crippen LogP) is 2.87. The maximum Gasteiger partial charge on any atom is 0.134 e. The van der Waals surface area contributed by atoms with Crippen LogP contribution in [0, 0.1) is 0 Å². The Bertz CT molecular complexity index is 307. The topological polar surface area (TPSA) is 34.4 Å². The highest BCUT2D eigenvalue weighted by Crippen LogP contribution is 2.30. The summed E-state index contributed by atoms with van der Waals surface area (Å²) in [5.41, 5.74) is 0. The summed E-state index contributed by atoms with van der Waals surface area (Å²) in [7, 11) is 1.95. The largest absolute Gasteiger partial charge is 0.466 e. The van der Waals surface area contributed by atoms with Crippen molar-refractivity contribution in [2.24, 2.45) is 0 Å². The Morgan fingerprint density at radius 3 is 3.07 bits per heavy atom. The molecule has 84 valence electrons. The van der Waals surface area contributed by atoms with Crippen LogP contribution in [0.5, 0.6) is 0 Å². The van der Waals surface area contributed by atoms with Crippen molar-refractivity contribution >= 4 is 15.9 Å². The van der Waals surface area contributed by atoms with E-state index in [1.165, 1.54) is 6.42 Å². The van der Waals surface area contributed by atoms with Crippen LogP contribution in [0.25, 0.3) is 0 Å². The summed E-state index contributed by atoms with van der Waals surface area (Å²) in [5.74, 6) is 0.966. The Morgan fingerprint density at radius 1 is 1.67 bits per heavy atom. The molecule has 1 fully saturated rings. The quantitative estimate of drug-likeness (QED) is 0.916. The molecule has 0 aromatic carbocycles. The Hall–Kier alpha value is -0.320. The van der Waals surface area contributed by atoms with Crippen LogP contribution >= 0.6 is 15.9 Å². The van der Waals surface area contributed by atoms with Gasteiger partial charge in [-0.3, -0.25) is 0 Å². The average Bonchev–Trinajstić information content (AvgIpc) is 2.85. The minimum atomic E-state index is 0.234. The van der Waals surface area contributed by atoms with E-state index >= 15 is 0 Å². The summed E-state index contributed by atoms with van der Waals surface area (Å²) in [6.45, 7) is 0.903. The molecular weight excluding hydrogens is 258 g/mol. The lowest BCUT2D eigenvalue weighted by molar-refractivity contribution is 0.0928. The van der Waals surface area contributed by atoms with Crippen molar-refractivity contribution in [2.75, 3.05) is 13.7 Å². The lowest BCUT2D eigenvalue weighted by Gasteiger charge is -2.18. The zero-order chi connectivity index (χ0) is 10.7. The van der Waals surface area contributed by atoms with Gasteiger partial charge in [0.25, 0.3) is 0 Å². The summed E-state index contributed by atoms with van der Waals surface area (Å²) in [4.78, 5) is 0. The molecule has 1 aliphatic heterocycles. The SMILES string of the molecule is CNC(CC1CCCO1)c1occc1Br. The third-order valence-corrected chi connectivity index (χ3v) is 3.49.